The lowest BCUT2D eigenvalue weighted by Crippen LogP contribution is -2.49. The first-order valence-corrected chi connectivity index (χ1v) is 11.1. The molecule has 1 aromatic carbocycles. The molecule has 0 fully saturated rings. The normalized spacial score (nSPS) is 12.7. The number of carbonyl (C=O) groups excluding carboxylic acids is 3. The van der Waals surface area contributed by atoms with Gasteiger partial charge in [0.25, 0.3) is 0 Å². The molecule has 1 unspecified atom stereocenters. The van der Waals surface area contributed by atoms with E-state index in [2.05, 4.69) is 17.4 Å². The second kappa shape index (κ2) is 14.0. The zero-order valence-electron chi connectivity index (χ0n) is 17.5. The Bertz CT molecular complexity index is 628. The third-order valence-corrected chi connectivity index (χ3v) is 5.59. The SMILES string of the molecule is CCCC[C@H](CN(O)C=O)C(=O)NC(CCSCc1ccccc1)C(=O)N(C)C. The molecule has 2 atom stereocenters. The summed E-state index contributed by atoms with van der Waals surface area (Å²) < 4.78 is 0. The van der Waals surface area contributed by atoms with E-state index in [9.17, 15) is 19.6 Å². The molecule has 0 aromatic heterocycles. The first kappa shape index (κ1) is 25.0. The number of likely N-dealkylation sites (N-methyl/N-ethyl adjacent to an activating group) is 1. The summed E-state index contributed by atoms with van der Waals surface area (Å²) in [6.07, 6.45) is 3.03. The van der Waals surface area contributed by atoms with E-state index in [-0.39, 0.29) is 24.8 Å². The number of amides is 3. The largest absolute Gasteiger partial charge is 0.347 e. The van der Waals surface area contributed by atoms with E-state index in [1.165, 1.54) is 10.5 Å². The van der Waals surface area contributed by atoms with Gasteiger partial charge in [-0.2, -0.15) is 11.8 Å². The van der Waals surface area contributed by atoms with E-state index in [0.29, 0.717) is 17.9 Å². The van der Waals surface area contributed by atoms with Crippen LogP contribution in [0.15, 0.2) is 30.3 Å². The molecular weight excluding hydrogens is 390 g/mol. The lowest BCUT2D eigenvalue weighted by molar-refractivity contribution is -0.155. The molecule has 1 rings (SSSR count). The number of thioether (sulfide) groups is 1. The van der Waals surface area contributed by atoms with Gasteiger partial charge in [-0.05, 0) is 24.2 Å². The first-order chi connectivity index (χ1) is 13.9. The Morgan fingerprint density at radius 2 is 1.90 bits per heavy atom. The number of hydroxylamine groups is 2. The van der Waals surface area contributed by atoms with Crippen molar-refractivity contribution in [3.05, 3.63) is 35.9 Å². The molecule has 8 heteroatoms. The van der Waals surface area contributed by atoms with E-state index in [1.807, 2.05) is 25.1 Å². The van der Waals surface area contributed by atoms with Crippen LogP contribution >= 0.6 is 11.8 Å². The predicted octanol–water partition coefficient (Wildman–Crippen LogP) is 2.54. The Morgan fingerprint density at radius 3 is 2.48 bits per heavy atom. The molecular formula is C21H33N3O4S. The van der Waals surface area contributed by atoms with Gasteiger partial charge in [0, 0.05) is 19.8 Å². The van der Waals surface area contributed by atoms with E-state index in [4.69, 9.17) is 0 Å². The highest BCUT2D eigenvalue weighted by atomic mass is 32.2. The number of nitrogens with zero attached hydrogens (tertiary/aromatic N) is 2. The maximum atomic E-state index is 12.7. The smallest absolute Gasteiger partial charge is 0.244 e. The first-order valence-electron chi connectivity index (χ1n) is 9.93. The minimum Gasteiger partial charge on any atom is -0.347 e. The van der Waals surface area contributed by atoms with Gasteiger partial charge in [0.2, 0.25) is 18.2 Å². The summed E-state index contributed by atoms with van der Waals surface area (Å²) in [4.78, 5) is 37.5. The van der Waals surface area contributed by atoms with Gasteiger partial charge in [0.1, 0.15) is 6.04 Å². The number of rotatable bonds is 14. The van der Waals surface area contributed by atoms with Gasteiger partial charge in [-0.15, -0.1) is 0 Å². The van der Waals surface area contributed by atoms with Crippen LogP contribution in [0, 0.1) is 5.92 Å². The lowest BCUT2D eigenvalue weighted by atomic mass is 10.00. The molecule has 0 aliphatic rings. The Hall–Kier alpha value is -2.06. The fourth-order valence-electron chi connectivity index (χ4n) is 2.85. The summed E-state index contributed by atoms with van der Waals surface area (Å²) in [6.45, 7) is 1.93. The Labute approximate surface area is 177 Å². The van der Waals surface area contributed by atoms with Crippen molar-refractivity contribution >= 4 is 30.0 Å². The summed E-state index contributed by atoms with van der Waals surface area (Å²) in [5.74, 6) is 0.533. The number of hydrogen-bond acceptors (Lipinski definition) is 5. The standard InChI is InChI=1S/C21H33N3O4S/c1-4-5-11-18(14-24(28)16-25)20(26)22-19(21(27)23(2)3)12-13-29-15-17-9-7-6-8-10-17/h6-10,16,18-19,28H,4-5,11-15H2,1-3H3,(H,22,26)/t18-,19?/m1/s1. The number of carbonyl (C=O) groups is 3. The van der Waals surface area contributed by atoms with Crippen LogP contribution in [-0.2, 0) is 20.1 Å². The molecule has 7 nitrogen and oxygen atoms in total. The average Bonchev–Trinajstić information content (AvgIpc) is 2.72. The Morgan fingerprint density at radius 1 is 1.21 bits per heavy atom. The van der Waals surface area contributed by atoms with Crippen molar-refractivity contribution in [2.24, 2.45) is 5.92 Å². The average molecular weight is 424 g/mol. The second-order valence-electron chi connectivity index (χ2n) is 7.19. The topological polar surface area (TPSA) is 90.0 Å². The van der Waals surface area contributed by atoms with Crippen LogP contribution in [0.1, 0.15) is 38.2 Å². The minimum absolute atomic E-state index is 0.0824. The van der Waals surface area contributed by atoms with Gasteiger partial charge < -0.3 is 10.2 Å². The summed E-state index contributed by atoms with van der Waals surface area (Å²) in [6, 6.07) is 9.45. The molecule has 0 bridgehead atoms. The van der Waals surface area contributed by atoms with Crippen molar-refractivity contribution in [2.75, 3.05) is 26.4 Å². The maximum absolute atomic E-state index is 12.7. The zero-order valence-corrected chi connectivity index (χ0v) is 18.4. The highest BCUT2D eigenvalue weighted by Crippen LogP contribution is 2.15. The van der Waals surface area contributed by atoms with Gasteiger partial charge in [0.15, 0.2) is 0 Å². The molecule has 0 aliphatic heterocycles. The molecule has 0 saturated carbocycles. The predicted molar refractivity (Wildman–Crippen MR) is 115 cm³/mol. The fourth-order valence-corrected chi connectivity index (χ4v) is 3.82. The number of unbranched alkanes of at least 4 members (excludes halogenated alkanes) is 1. The summed E-state index contributed by atoms with van der Waals surface area (Å²) in [7, 11) is 3.32. The quantitative estimate of drug-likeness (QED) is 0.208. The molecule has 162 valence electrons. The Balaban J connectivity index is 2.67. The van der Waals surface area contributed by atoms with Crippen molar-refractivity contribution in [1.82, 2.24) is 15.3 Å². The summed E-state index contributed by atoms with van der Waals surface area (Å²) in [5.41, 5.74) is 1.22. The zero-order chi connectivity index (χ0) is 21.6. The number of nitrogens with one attached hydrogen (secondary N) is 1. The molecule has 0 heterocycles. The molecule has 2 N–H and O–H groups in total. The Kier molecular flexibility index (Phi) is 12.1. The third-order valence-electron chi connectivity index (χ3n) is 4.52. The fraction of sp³-hybridized carbons (Fsp3) is 0.571. The number of benzene rings is 1. The van der Waals surface area contributed by atoms with Crippen LogP contribution in [0.5, 0.6) is 0 Å². The van der Waals surface area contributed by atoms with Crippen molar-refractivity contribution in [3.63, 3.8) is 0 Å². The van der Waals surface area contributed by atoms with Crippen LogP contribution in [0.4, 0.5) is 0 Å². The van der Waals surface area contributed by atoms with Crippen LogP contribution in [0.2, 0.25) is 0 Å². The summed E-state index contributed by atoms with van der Waals surface area (Å²) in [5, 5.41) is 12.8. The van der Waals surface area contributed by atoms with Crippen LogP contribution in [-0.4, -0.2) is 65.8 Å². The third kappa shape index (κ3) is 9.80. The van der Waals surface area contributed by atoms with Gasteiger partial charge in [-0.3, -0.25) is 19.6 Å². The van der Waals surface area contributed by atoms with E-state index in [0.717, 1.165) is 24.3 Å². The molecule has 1 aromatic rings. The van der Waals surface area contributed by atoms with E-state index < -0.39 is 12.0 Å². The van der Waals surface area contributed by atoms with Crippen LogP contribution in [0.3, 0.4) is 0 Å². The van der Waals surface area contributed by atoms with Gasteiger partial charge in [0.05, 0.1) is 12.5 Å². The van der Waals surface area contributed by atoms with Crippen molar-refractivity contribution in [1.29, 1.82) is 0 Å². The monoisotopic (exact) mass is 423 g/mol. The lowest BCUT2D eigenvalue weighted by Gasteiger charge is -2.25. The number of hydrogen-bond donors (Lipinski definition) is 2. The molecule has 0 spiro atoms. The maximum Gasteiger partial charge on any atom is 0.244 e. The van der Waals surface area contributed by atoms with Crippen molar-refractivity contribution < 1.29 is 19.6 Å². The summed E-state index contributed by atoms with van der Waals surface area (Å²) >= 11 is 1.71. The highest BCUT2D eigenvalue weighted by Gasteiger charge is 2.27. The van der Waals surface area contributed by atoms with Crippen LogP contribution in [0.25, 0.3) is 0 Å². The molecule has 0 radical (unpaired) electrons. The van der Waals surface area contributed by atoms with Crippen LogP contribution < -0.4 is 5.32 Å². The van der Waals surface area contributed by atoms with E-state index in [1.54, 1.807) is 25.9 Å². The molecule has 29 heavy (non-hydrogen) atoms. The van der Waals surface area contributed by atoms with Gasteiger partial charge >= 0.3 is 0 Å². The highest BCUT2D eigenvalue weighted by molar-refractivity contribution is 7.98. The molecule has 3 amide bonds. The second-order valence-corrected chi connectivity index (χ2v) is 8.29. The molecule has 0 aliphatic carbocycles. The molecule has 0 saturated heterocycles. The van der Waals surface area contributed by atoms with Crippen molar-refractivity contribution in [3.8, 4) is 0 Å². The van der Waals surface area contributed by atoms with E-state index >= 15 is 0 Å². The van der Waals surface area contributed by atoms with Crippen molar-refractivity contribution in [2.45, 2.75) is 44.4 Å². The van der Waals surface area contributed by atoms with Gasteiger partial charge in [-0.25, -0.2) is 5.06 Å². The van der Waals surface area contributed by atoms with Gasteiger partial charge in [-0.1, -0.05) is 50.1 Å². The minimum atomic E-state index is -0.631.